The van der Waals surface area contributed by atoms with Crippen LogP contribution in [0.25, 0.3) is 22.3 Å². The highest BCUT2D eigenvalue weighted by molar-refractivity contribution is 6.31. The molecule has 0 saturated heterocycles. The van der Waals surface area contributed by atoms with Crippen molar-refractivity contribution in [2.45, 2.75) is 90.8 Å². The Morgan fingerprint density at radius 2 is 1.59 bits per heavy atom. The van der Waals surface area contributed by atoms with Crippen molar-refractivity contribution in [3.05, 3.63) is 94.5 Å². The van der Waals surface area contributed by atoms with Gasteiger partial charge in [-0.05, 0) is 109 Å². The Bertz CT molecular complexity index is 1490. The van der Waals surface area contributed by atoms with Gasteiger partial charge in [0.2, 0.25) is 0 Å². The first-order valence-electron chi connectivity index (χ1n) is 18.1. The van der Waals surface area contributed by atoms with Crippen molar-refractivity contribution in [3.63, 3.8) is 0 Å². The van der Waals surface area contributed by atoms with E-state index in [9.17, 15) is 20.1 Å². The fourth-order valence-corrected chi connectivity index (χ4v) is 7.11. The van der Waals surface area contributed by atoms with Crippen LogP contribution in [0.3, 0.4) is 0 Å². The molecule has 3 unspecified atom stereocenters. The lowest BCUT2D eigenvalue weighted by Crippen LogP contribution is -2.32. The Kier molecular flexibility index (Phi) is 15.4. The summed E-state index contributed by atoms with van der Waals surface area (Å²) in [6, 6.07) is 22.2. The second-order valence-corrected chi connectivity index (χ2v) is 14.1. The van der Waals surface area contributed by atoms with Gasteiger partial charge >= 0.3 is 5.97 Å². The molecule has 0 spiro atoms. The number of hydrogen-bond acceptors (Lipinski definition) is 6. The summed E-state index contributed by atoms with van der Waals surface area (Å²) in [5, 5.41) is 29.7. The van der Waals surface area contributed by atoms with Crippen LogP contribution in [-0.2, 0) is 27.1 Å². The van der Waals surface area contributed by atoms with E-state index in [1.807, 2.05) is 0 Å². The average Bonchev–Trinajstić information content (AvgIpc) is 3.14. The number of unbranched alkanes of at least 4 members (excludes halogenated alkanes) is 2. The van der Waals surface area contributed by atoms with Gasteiger partial charge in [0.1, 0.15) is 0 Å². The van der Waals surface area contributed by atoms with Crippen LogP contribution in [0.2, 0.25) is 5.02 Å². The summed E-state index contributed by atoms with van der Waals surface area (Å²) in [4.78, 5) is 12.3. The highest BCUT2D eigenvalue weighted by Crippen LogP contribution is 2.41. The molecule has 3 aromatic carbocycles. The molecule has 0 aromatic heterocycles. The second-order valence-electron chi connectivity index (χ2n) is 13.7. The lowest BCUT2D eigenvalue weighted by molar-refractivity contribution is -0.154. The maximum atomic E-state index is 12.3. The molecule has 0 bridgehead atoms. The number of halogens is 1. The molecule has 0 radical (unpaired) electrons. The Hall–Kier alpha value is -3.00. The zero-order valence-corrected chi connectivity index (χ0v) is 30.3. The van der Waals surface area contributed by atoms with Crippen LogP contribution >= 0.6 is 11.6 Å². The van der Waals surface area contributed by atoms with Crippen molar-refractivity contribution in [1.29, 1.82) is 0 Å². The van der Waals surface area contributed by atoms with E-state index in [2.05, 4.69) is 81.1 Å². The third-order valence-electron chi connectivity index (χ3n) is 10.2. The van der Waals surface area contributed by atoms with E-state index in [0.29, 0.717) is 5.92 Å². The van der Waals surface area contributed by atoms with Crippen LogP contribution in [0.15, 0.2) is 72.8 Å². The predicted octanol–water partition coefficient (Wildman–Crippen LogP) is 8.91. The summed E-state index contributed by atoms with van der Waals surface area (Å²) in [5.74, 6) is -0.473. The molecule has 1 aliphatic carbocycles. The Balaban J connectivity index is 1.41. The summed E-state index contributed by atoms with van der Waals surface area (Å²) in [6.07, 6.45) is 8.17. The van der Waals surface area contributed by atoms with Gasteiger partial charge in [0.05, 0.1) is 32.3 Å². The molecular weight excluding hydrogens is 636 g/mol. The van der Waals surface area contributed by atoms with Crippen LogP contribution in [0.4, 0.5) is 0 Å². The number of aliphatic hydroxyl groups is 3. The molecular formula is C42H55ClO6. The molecule has 3 N–H and O–H groups in total. The number of aryl methyl sites for hydroxylation is 2. The average molecular weight is 691 g/mol. The van der Waals surface area contributed by atoms with Crippen LogP contribution in [0, 0.1) is 17.8 Å². The maximum Gasteiger partial charge on any atom is 0.310 e. The maximum absolute atomic E-state index is 12.3. The topological polar surface area (TPSA) is 96.2 Å². The molecule has 0 aliphatic heterocycles. The lowest BCUT2D eigenvalue weighted by atomic mass is 9.73. The zero-order valence-electron chi connectivity index (χ0n) is 29.5. The number of benzene rings is 3. The van der Waals surface area contributed by atoms with Crippen molar-refractivity contribution in [3.8, 4) is 22.3 Å². The van der Waals surface area contributed by atoms with Gasteiger partial charge < -0.3 is 24.8 Å². The van der Waals surface area contributed by atoms with Crippen LogP contribution in [0.5, 0.6) is 0 Å². The largest absolute Gasteiger partial charge is 0.465 e. The van der Waals surface area contributed by atoms with Gasteiger partial charge in [-0.2, -0.15) is 0 Å². The highest BCUT2D eigenvalue weighted by atomic mass is 35.5. The van der Waals surface area contributed by atoms with Gasteiger partial charge in [-0.1, -0.05) is 99.5 Å². The molecule has 1 aliphatic rings. The van der Waals surface area contributed by atoms with Gasteiger partial charge in [-0.3, -0.25) is 4.79 Å². The number of esters is 1. The first-order chi connectivity index (χ1) is 23.7. The number of aliphatic hydroxyl groups excluding tert-OH is 3. The fourth-order valence-electron chi connectivity index (χ4n) is 6.84. The van der Waals surface area contributed by atoms with Gasteiger partial charge in [0.15, 0.2) is 6.29 Å². The van der Waals surface area contributed by atoms with Crippen LogP contribution in [-0.4, -0.2) is 54.0 Å². The van der Waals surface area contributed by atoms with Crippen molar-refractivity contribution >= 4 is 17.6 Å². The van der Waals surface area contributed by atoms with Gasteiger partial charge in [0, 0.05) is 16.5 Å². The second kappa shape index (κ2) is 19.4. The molecule has 7 heteroatoms. The van der Waals surface area contributed by atoms with Gasteiger partial charge in [0.25, 0.3) is 0 Å². The monoisotopic (exact) mass is 690 g/mol. The highest BCUT2D eigenvalue weighted by Gasteiger charge is 2.31. The Labute approximate surface area is 298 Å². The predicted molar refractivity (Wildman–Crippen MR) is 199 cm³/mol. The molecule has 0 amide bonds. The van der Waals surface area contributed by atoms with E-state index in [1.165, 1.54) is 47.1 Å². The minimum atomic E-state index is -1.27. The first kappa shape index (κ1) is 38.8. The van der Waals surface area contributed by atoms with E-state index in [0.717, 1.165) is 54.7 Å². The summed E-state index contributed by atoms with van der Waals surface area (Å²) in [5.41, 5.74) is 8.86. The van der Waals surface area contributed by atoms with E-state index in [1.54, 1.807) is 6.92 Å². The quantitative estimate of drug-likeness (QED) is 0.0534. The Morgan fingerprint density at radius 1 is 0.898 bits per heavy atom. The smallest absolute Gasteiger partial charge is 0.310 e. The summed E-state index contributed by atoms with van der Waals surface area (Å²) < 4.78 is 11.2. The normalized spacial score (nSPS) is 18.1. The molecule has 49 heavy (non-hydrogen) atoms. The minimum Gasteiger partial charge on any atom is -0.465 e. The van der Waals surface area contributed by atoms with Gasteiger partial charge in [-0.15, -0.1) is 0 Å². The SMILES string of the molecule is C=C(CO)C(O)OCC(COC(=O)C(C)CO)C1CCC(c2ccc(-c3ccc(-c4ccc(CCCCC)c(Cl)c4)cc3)c(CC)c2)CC1. The summed E-state index contributed by atoms with van der Waals surface area (Å²) >= 11 is 6.66. The Morgan fingerprint density at radius 3 is 2.22 bits per heavy atom. The fraction of sp³-hybridized carbons (Fsp3) is 0.500. The molecule has 6 nitrogen and oxygen atoms in total. The van der Waals surface area contributed by atoms with Crippen molar-refractivity contribution in [2.75, 3.05) is 26.4 Å². The number of rotatable bonds is 18. The van der Waals surface area contributed by atoms with Crippen molar-refractivity contribution < 1.29 is 29.6 Å². The summed E-state index contributed by atoms with van der Waals surface area (Å²) in [6.45, 7) is 9.40. The lowest BCUT2D eigenvalue weighted by Gasteiger charge is -2.34. The molecule has 3 atom stereocenters. The number of hydrogen-bond donors (Lipinski definition) is 3. The van der Waals surface area contributed by atoms with Gasteiger partial charge in [-0.25, -0.2) is 0 Å². The molecule has 3 aromatic rings. The molecule has 4 rings (SSSR count). The standard InChI is InChI=1S/C42H55ClO6/c1-5-7-8-9-35-18-19-37(23-40(35)43)32-14-16-34(17-15-32)39-21-20-36(22-30(39)6-2)31-10-12-33(13-11-31)38(26-48-41(46)28(3)24-44)27-49-42(47)29(4)25-45/h14-23,29,31,33,38,41,44-46H,3,5-13,24-27H2,1-2,4H3. The van der Waals surface area contributed by atoms with Crippen LogP contribution < -0.4 is 0 Å². The molecule has 266 valence electrons. The minimum absolute atomic E-state index is 0.117. The third-order valence-corrected chi connectivity index (χ3v) is 10.5. The third kappa shape index (κ3) is 10.7. The number of carbonyl (C=O) groups is 1. The van der Waals surface area contributed by atoms with E-state index in [-0.39, 0.29) is 43.8 Å². The van der Waals surface area contributed by atoms with Crippen molar-refractivity contribution in [1.82, 2.24) is 0 Å². The van der Waals surface area contributed by atoms with E-state index < -0.39 is 18.2 Å². The molecule has 1 saturated carbocycles. The van der Waals surface area contributed by atoms with E-state index >= 15 is 0 Å². The summed E-state index contributed by atoms with van der Waals surface area (Å²) in [7, 11) is 0. The van der Waals surface area contributed by atoms with E-state index in [4.69, 9.17) is 21.1 Å². The number of ether oxygens (including phenoxy) is 2. The number of carbonyl (C=O) groups excluding carboxylic acids is 1. The molecule has 0 heterocycles. The van der Waals surface area contributed by atoms with Crippen LogP contribution in [0.1, 0.15) is 88.3 Å². The first-order valence-corrected chi connectivity index (χ1v) is 18.4. The molecule has 1 fully saturated rings. The van der Waals surface area contributed by atoms with Crippen molar-refractivity contribution in [2.24, 2.45) is 17.8 Å². The zero-order chi connectivity index (χ0) is 35.3.